The van der Waals surface area contributed by atoms with Gasteiger partial charge in [0.1, 0.15) is 0 Å². The number of rotatable bonds is 1. The van der Waals surface area contributed by atoms with Crippen LogP contribution in [0.3, 0.4) is 0 Å². The van der Waals surface area contributed by atoms with Gasteiger partial charge in [-0.15, -0.1) is 0 Å². The third-order valence-corrected chi connectivity index (χ3v) is 4.53. The van der Waals surface area contributed by atoms with Gasteiger partial charge >= 0.3 is 0 Å². The fraction of sp³-hybridized carbons (Fsp3) is 1.00. The number of aliphatic hydroxyl groups excluding tert-OH is 1. The minimum Gasteiger partial charge on any atom is -0.391 e. The van der Waals surface area contributed by atoms with E-state index in [-0.39, 0.29) is 11.5 Å². The van der Waals surface area contributed by atoms with Gasteiger partial charge in [-0.1, -0.05) is 20.3 Å². The molecule has 1 saturated carbocycles. The van der Waals surface area contributed by atoms with Crippen molar-refractivity contribution < 1.29 is 5.11 Å². The minimum absolute atomic E-state index is 0.127. The number of hydrogen-bond acceptors (Lipinski definition) is 2. The van der Waals surface area contributed by atoms with Crippen LogP contribution in [-0.2, 0) is 0 Å². The molecule has 88 valence electrons. The summed E-state index contributed by atoms with van der Waals surface area (Å²) in [5.74, 6) is 0. The summed E-state index contributed by atoms with van der Waals surface area (Å²) >= 11 is 0. The molecule has 1 N–H and O–H groups in total. The molecule has 1 aliphatic carbocycles. The average molecular weight is 211 g/mol. The Labute approximate surface area is 93.7 Å². The lowest BCUT2D eigenvalue weighted by Gasteiger charge is -2.40. The summed E-state index contributed by atoms with van der Waals surface area (Å²) in [5.41, 5.74) is 0.127. The molecule has 2 fully saturated rings. The van der Waals surface area contributed by atoms with E-state index in [0.29, 0.717) is 12.1 Å². The van der Waals surface area contributed by atoms with Gasteiger partial charge in [-0.25, -0.2) is 0 Å². The lowest BCUT2D eigenvalue weighted by Crippen LogP contribution is -2.50. The molecule has 2 rings (SSSR count). The third-order valence-electron chi connectivity index (χ3n) is 4.53. The highest BCUT2D eigenvalue weighted by Gasteiger charge is 2.44. The molecule has 0 amide bonds. The van der Waals surface area contributed by atoms with E-state index in [2.05, 4.69) is 25.7 Å². The standard InChI is InChI=1S/C13H25NO/c1-10-6-4-5-9-14(10)11-7-8-13(2,3)12(11)15/h10-12,15H,4-9H2,1-3H3. The van der Waals surface area contributed by atoms with E-state index in [1.165, 1.54) is 38.6 Å². The summed E-state index contributed by atoms with van der Waals surface area (Å²) in [4.78, 5) is 2.56. The van der Waals surface area contributed by atoms with Gasteiger partial charge in [-0.2, -0.15) is 0 Å². The minimum atomic E-state index is -0.127. The first kappa shape index (κ1) is 11.4. The van der Waals surface area contributed by atoms with Crippen LogP contribution in [0.2, 0.25) is 0 Å². The van der Waals surface area contributed by atoms with Gasteiger partial charge in [0.2, 0.25) is 0 Å². The molecule has 2 nitrogen and oxygen atoms in total. The molecule has 1 saturated heterocycles. The maximum absolute atomic E-state index is 10.3. The molecule has 2 heteroatoms. The average Bonchev–Trinajstić information content (AvgIpc) is 2.44. The molecule has 2 aliphatic rings. The molecule has 3 atom stereocenters. The number of piperidine rings is 1. The summed E-state index contributed by atoms with van der Waals surface area (Å²) in [6, 6.07) is 1.10. The monoisotopic (exact) mass is 211 g/mol. The number of likely N-dealkylation sites (tertiary alicyclic amines) is 1. The molecule has 0 spiro atoms. The lowest BCUT2D eigenvalue weighted by molar-refractivity contribution is -0.00873. The van der Waals surface area contributed by atoms with Crippen LogP contribution in [0.15, 0.2) is 0 Å². The van der Waals surface area contributed by atoms with Gasteiger partial charge in [0.05, 0.1) is 6.10 Å². The van der Waals surface area contributed by atoms with Crippen LogP contribution in [0.1, 0.15) is 52.9 Å². The highest BCUT2D eigenvalue weighted by molar-refractivity contribution is 4.98. The van der Waals surface area contributed by atoms with E-state index in [0.717, 1.165) is 0 Å². The van der Waals surface area contributed by atoms with Crippen molar-refractivity contribution in [2.24, 2.45) is 5.41 Å². The van der Waals surface area contributed by atoms with Gasteiger partial charge < -0.3 is 5.11 Å². The van der Waals surface area contributed by atoms with Crippen molar-refractivity contribution in [3.8, 4) is 0 Å². The quantitative estimate of drug-likeness (QED) is 0.720. The van der Waals surface area contributed by atoms with E-state index < -0.39 is 0 Å². The highest BCUT2D eigenvalue weighted by atomic mass is 16.3. The van der Waals surface area contributed by atoms with Crippen molar-refractivity contribution in [2.75, 3.05) is 6.54 Å². The second-order valence-corrected chi connectivity index (χ2v) is 6.12. The van der Waals surface area contributed by atoms with Gasteiger partial charge in [-0.05, 0) is 44.6 Å². The third kappa shape index (κ3) is 2.07. The van der Waals surface area contributed by atoms with Crippen molar-refractivity contribution >= 4 is 0 Å². The Morgan fingerprint density at radius 1 is 1.20 bits per heavy atom. The van der Waals surface area contributed by atoms with Crippen LogP contribution in [-0.4, -0.2) is 34.7 Å². The number of aliphatic hydroxyl groups is 1. The lowest BCUT2D eigenvalue weighted by atomic mass is 9.88. The van der Waals surface area contributed by atoms with Crippen molar-refractivity contribution in [1.82, 2.24) is 4.90 Å². The molecule has 15 heavy (non-hydrogen) atoms. The maximum Gasteiger partial charge on any atom is 0.0746 e. The largest absolute Gasteiger partial charge is 0.391 e. The first-order valence-electron chi connectivity index (χ1n) is 6.46. The summed E-state index contributed by atoms with van der Waals surface area (Å²) in [6.45, 7) is 7.91. The summed E-state index contributed by atoms with van der Waals surface area (Å²) in [7, 11) is 0. The fourth-order valence-electron chi connectivity index (χ4n) is 3.31. The van der Waals surface area contributed by atoms with E-state index in [1.54, 1.807) is 0 Å². The van der Waals surface area contributed by atoms with Crippen LogP contribution >= 0.6 is 0 Å². The van der Waals surface area contributed by atoms with Crippen LogP contribution < -0.4 is 0 Å². The van der Waals surface area contributed by atoms with Crippen LogP contribution in [0.4, 0.5) is 0 Å². The Bertz CT molecular complexity index is 227. The smallest absolute Gasteiger partial charge is 0.0746 e. The Hall–Kier alpha value is -0.0800. The number of nitrogens with zero attached hydrogens (tertiary/aromatic N) is 1. The summed E-state index contributed by atoms with van der Waals surface area (Å²) < 4.78 is 0. The van der Waals surface area contributed by atoms with Crippen LogP contribution in [0.25, 0.3) is 0 Å². The molecule has 1 heterocycles. The molecule has 0 radical (unpaired) electrons. The van der Waals surface area contributed by atoms with E-state index >= 15 is 0 Å². The zero-order valence-electron chi connectivity index (χ0n) is 10.4. The van der Waals surface area contributed by atoms with E-state index in [9.17, 15) is 5.11 Å². The van der Waals surface area contributed by atoms with Crippen LogP contribution in [0, 0.1) is 5.41 Å². The van der Waals surface area contributed by atoms with E-state index in [4.69, 9.17) is 0 Å². The zero-order valence-corrected chi connectivity index (χ0v) is 10.4. The molecule has 0 bridgehead atoms. The second-order valence-electron chi connectivity index (χ2n) is 6.12. The predicted molar refractivity (Wildman–Crippen MR) is 62.8 cm³/mol. The van der Waals surface area contributed by atoms with Gasteiger partial charge in [-0.3, -0.25) is 4.90 Å². The van der Waals surface area contributed by atoms with Gasteiger partial charge in [0, 0.05) is 12.1 Å². The molecule has 0 aromatic rings. The number of hydrogen-bond donors (Lipinski definition) is 1. The first-order chi connectivity index (χ1) is 7.02. The van der Waals surface area contributed by atoms with Crippen molar-refractivity contribution in [3.63, 3.8) is 0 Å². The second kappa shape index (κ2) is 4.06. The Morgan fingerprint density at radius 3 is 2.47 bits per heavy atom. The van der Waals surface area contributed by atoms with E-state index in [1.807, 2.05) is 0 Å². The Kier molecular flexibility index (Phi) is 3.09. The molecule has 3 unspecified atom stereocenters. The Morgan fingerprint density at radius 2 is 1.93 bits per heavy atom. The van der Waals surface area contributed by atoms with Gasteiger partial charge in [0.25, 0.3) is 0 Å². The summed E-state index contributed by atoms with van der Waals surface area (Å²) in [6.07, 6.45) is 6.21. The van der Waals surface area contributed by atoms with Crippen molar-refractivity contribution in [1.29, 1.82) is 0 Å². The normalized spacial score (nSPS) is 42.0. The Balaban J connectivity index is 2.04. The maximum atomic E-state index is 10.3. The fourth-order valence-corrected chi connectivity index (χ4v) is 3.31. The molecule has 1 aliphatic heterocycles. The van der Waals surface area contributed by atoms with Crippen molar-refractivity contribution in [2.45, 2.75) is 71.1 Å². The molecule has 0 aromatic carbocycles. The molecular weight excluding hydrogens is 186 g/mol. The highest BCUT2D eigenvalue weighted by Crippen LogP contribution is 2.41. The first-order valence-corrected chi connectivity index (χ1v) is 6.46. The van der Waals surface area contributed by atoms with Gasteiger partial charge in [0.15, 0.2) is 0 Å². The summed E-state index contributed by atoms with van der Waals surface area (Å²) in [5, 5.41) is 10.3. The molecule has 0 aromatic heterocycles. The van der Waals surface area contributed by atoms with Crippen molar-refractivity contribution in [3.05, 3.63) is 0 Å². The SMILES string of the molecule is CC1CCCCN1C1CCC(C)(C)C1O. The van der Waals surface area contributed by atoms with Crippen LogP contribution in [0.5, 0.6) is 0 Å². The zero-order chi connectivity index (χ0) is 11.1. The molecular formula is C13H25NO. The topological polar surface area (TPSA) is 23.5 Å². The predicted octanol–water partition coefficient (Wildman–Crippen LogP) is 2.41.